The average Bonchev–Trinajstić information content (AvgIpc) is 3.39. The first-order valence-corrected chi connectivity index (χ1v) is 11.6. The molecule has 1 atom stereocenters. The Bertz CT molecular complexity index is 881. The molecule has 2 N–H and O–H groups in total. The van der Waals surface area contributed by atoms with Crippen molar-refractivity contribution in [3.8, 4) is 0 Å². The predicted octanol–water partition coefficient (Wildman–Crippen LogP) is 5.25. The minimum absolute atomic E-state index is 0.000921. The molecular formula is C24H33F6N3O2. The summed E-state index contributed by atoms with van der Waals surface area (Å²) < 4.78 is 78.3. The van der Waals surface area contributed by atoms with Crippen molar-refractivity contribution in [1.82, 2.24) is 15.5 Å². The Balaban J connectivity index is 0.00000210. The van der Waals surface area contributed by atoms with E-state index in [0.717, 1.165) is 0 Å². The van der Waals surface area contributed by atoms with Gasteiger partial charge in [-0.1, -0.05) is 13.8 Å². The summed E-state index contributed by atoms with van der Waals surface area (Å²) in [5.74, 6) is -1.05. The van der Waals surface area contributed by atoms with Crippen LogP contribution < -0.4 is 10.6 Å². The third-order valence-electron chi connectivity index (χ3n) is 6.08. The summed E-state index contributed by atoms with van der Waals surface area (Å²) in [6.07, 6.45) is -8.06. The first kappa shape index (κ1) is 28.9. The van der Waals surface area contributed by atoms with Gasteiger partial charge in [0.2, 0.25) is 5.91 Å². The van der Waals surface area contributed by atoms with Gasteiger partial charge in [-0.3, -0.25) is 14.5 Å². The Morgan fingerprint density at radius 2 is 1.43 bits per heavy atom. The number of likely N-dealkylation sites (tertiary alicyclic amines) is 1. The minimum atomic E-state index is -5.01. The Morgan fingerprint density at radius 1 is 0.943 bits per heavy atom. The normalized spacial score (nSPS) is 20.0. The Labute approximate surface area is 201 Å². The van der Waals surface area contributed by atoms with Gasteiger partial charge in [-0.05, 0) is 76.7 Å². The molecular weight excluding hydrogens is 476 g/mol. The van der Waals surface area contributed by atoms with E-state index in [4.69, 9.17) is 0 Å². The molecule has 2 fully saturated rings. The smallest absolute Gasteiger partial charge is 0.350 e. The van der Waals surface area contributed by atoms with Crippen molar-refractivity contribution in [2.24, 2.45) is 5.41 Å². The number of halogens is 6. The molecule has 35 heavy (non-hydrogen) atoms. The molecule has 1 aliphatic carbocycles. The van der Waals surface area contributed by atoms with Crippen molar-refractivity contribution in [3.05, 3.63) is 34.9 Å². The maximum absolute atomic E-state index is 13.0. The fourth-order valence-corrected chi connectivity index (χ4v) is 4.25. The number of carbonyl (C=O) groups is 2. The molecule has 1 saturated carbocycles. The highest BCUT2D eigenvalue weighted by Gasteiger charge is 2.55. The molecule has 1 aromatic carbocycles. The van der Waals surface area contributed by atoms with Crippen molar-refractivity contribution >= 4 is 11.8 Å². The molecule has 11 heteroatoms. The third kappa shape index (κ3) is 7.85. The summed E-state index contributed by atoms with van der Waals surface area (Å²) in [4.78, 5) is 26.6. The number of carbonyl (C=O) groups excluding carboxylic acids is 2. The van der Waals surface area contributed by atoms with Gasteiger partial charge in [0.1, 0.15) is 0 Å². The highest BCUT2D eigenvalue weighted by molar-refractivity contribution is 5.95. The number of alkyl halides is 6. The molecule has 1 spiro atoms. The number of hydrogen-bond donors (Lipinski definition) is 2. The highest BCUT2D eigenvalue weighted by Crippen LogP contribution is 2.54. The molecule has 1 heterocycles. The lowest BCUT2D eigenvalue weighted by Gasteiger charge is -2.33. The topological polar surface area (TPSA) is 61.4 Å². The molecule has 5 nitrogen and oxygen atoms in total. The summed E-state index contributed by atoms with van der Waals surface area (Å²) in [6, 6.07) is 0.562. The molecule has 1 aliphatic heterocycles. The van der Waals surface area contributed by atoms with Crippen LogP contribution in [0.1, 0.15) is 75.4 Å². The first-order valence-electron chi connectivity index (χ1n) is 11.6. The number of amides is 2. The van der Waals surface area contributed by atoms with E-state index in [1.54, 1.807) is 0 Å². The van der Waals surface area contributed by atoms with Crippen LogP contribution >= 0.6 is 0 Å². The van der Waals surface area contributed by atoms with E-state index in [-0.39, 0.29) is 35.5 Å². The van der Waals surface area contributed by atoms with Crippen LogP contribution in [0.3, 0.4) is 0 Å². The van der Waals surface area contributed by atoms with Gasteiger partial charge in [-0.2, -0.15) is 26.3 Å². The predicted molar refractivity (Wildman–Crippen MR) is 120 cm³/mol. The lowest BCUT2D eigenvalue weighted by Crippen LogP contribution is -2.48. The summed E-state index contributed by atoms with van der Waals surface area (Å²) >= 11 is 0. The lowest BCUT2D eigenvalue weighted by atomic mass is 9.92. The molecule has 2 amide bonds. The van der Waals surface area contributed by atoms with Crippen LogP contribution in [0.15, 0.2) is 18.2 Å². The summed E-state index contributed by atoms with van der Waals surface area (Å²) in [5.41, 5.74) is -4.28. The van der Waals surface area contributed by atoms with E-state index in [1.165, 1.54) is 0 Å². The molecule has 0 radical (unpaired) electrons. The number of benzene rings is 1. The maximum Gasteiger partial charge on any atom is 0.416 e. The van der Waals surface area contributed by atoms with E-state index in [9.17, 15) is 35.9 Å². The van der Waals surface area contributed by atoms with E-state index in [2.05, 4.69) is 10.6 Å². The van der Waals surface area contributed by atoms with Crippen molar-refractivity contribution in [1.29, 1.82) is 0 Å². The van der Waals surface area contributed by atoms with E-state index >= 15 is 0 Å². The Hall–Kier alpha value is -2.30. The van der Waals surface area contributed by atoms with Gasteiger partial charge in [-0.15, -0.1) is 0 Å². The lowest BCUT2D eigenvalue weighted by molar-refractivity contribution is -0.143. The fourth-order valence-electron chi connectivity index (χ4n) is 4.25. The number of rotatable bonds is 4. The first-order chi connectivity index (χ1) is 16.0. The van der Waals surface area contributed by atoms with Gasteiger partial charge < -0.3 is 10.6 Å². The van der Waals surface area contributed by atoms with Crippen LogP contribution in [0.2, 0.25) is 0 Å². The molecule has 1 saturated heterocycles. The van der Waals surface area contributed by atoms with Gasteiger partial charge in [0.05, 0.1) is 17.7 Å². The van der Waals surface area contributed by atoms with Crippen molar-refractivity contribution < 1.29 is 35.9 Å². The zero-order valence-electron chi connectivity index (χ0n) is 20.6. The second-order valence-electron chi connectivity index (χ2n) is 9.96. The summed E-state index contributed by atoms with van der Waals surface area (Å²) in [6.45, 7) is 11.1. The minimum Gasteiger partial charge on any atom is -0.350 e. The van der Waals surface area contributed by atoms with Gasteiger partial charge in [-0.25, -0.2) is 0 Å². The zero-order chi connectivity index (χ0) is 26.8. The second kappa shape index (κ2) is 10.4. The maximum atomic E-state index is 13.0. The molecule has 1 aromatic rings. The summed E-state index contributed by atoms with van der Waals surface area (Å²) in [5, 5.41) is 5.49. The highest BCUT2D eigenvalue weighted by atomic mass is 19.4. The molecule has 0 bridgehead atoms. The van der Waals surface area contributed by atoms with E-state index < -0.39 is 35.0 Å². The summed E-state index contributed by atoms with van der Waals surface area (Å²) in [7, 11) is 0. The van der Waals surface area contributed by atoms with Crippen LogP contribution in [0.25, 0.3) is 0 Å². The van der Waals surface area contributed by atoms with E-state index in [1.807, 2.05) is 39.5 Å². The fraction of sp³-hybridized carbons (Fsp3) is 0.667. The third-order valence-corrected chi connectivity index (χ3v) is 6.08. The van der Waals surface area contributed by atoms with Crippen LogP contribution in [0, 0.1) is 5.41 Å². The quantitative estimate of drug-likeness (QED) is 0.545. The van der Waals surface area contributed by atoms with Crippen molar-refractivity contribution in [2.45, 2.75) is 77.8 Å². The van der Waals surface area contributed by atoms with Crippen LogP contribution in [0.4, 0.5) is 26.3 Å². The molecule has 198 valence electrons. The van der Waals surface area contributed by atoms with Crippen molar-refractivity contribution in [3.63, 3.8) is 0 Å². The van der Waals surface area contributed by atoms with Gasteiger partial charge in [0.15, 0.2) is 0 Å². The second-order valence-corrected chi connectivity index (χ2v) is 9.96. The van der Waals surface area contributed by atoms with Gasteiger partial charge in [0, 0.05) is 17.1 Å². The standard InChI is InChI=1S/C22H27F6N3O2.C2H6/c1-19(2,3)30-17(32)12-31-6-4-20(5-7-31)11-16(20)29-18(33)13-8-14(21(23,24)25)10-15(9-13)22(26,27)28;1-2/h8-10,16H,4-7,11-12H2,1-3H3,(H,29,33)(H,30,32);1-2H3. The number of nitrogens with one attached hydrogen (secondary N) is 2. The molecule has 2 aliphatic rings. The Morgan fingerprint density at radius 3 is 1.86 bits per heavy atom. The van der Waals surface area contributed by atoms with Gasteiger partial charge in [0.25, 0.3) is 5.91 Å². The largest absolute Gasteiger partial charge is 0.416 e. The van der Waals surface area contributed by atoms with Crippen LogP contribution in [-0.4, -0.2) is 47.9 Å². The van der Waals surface area contributed by atoms with Crippen LogP contribution in [0.5, 0.6) is 0 Å². The number of hydrogen-bond acceptors (Lipinski definition) is 3. The molecule has 0 aromatic heterocycles. The van der Waals surface area contributed by atoms with Crippen molar-refractivity contribution in [2.75, 3.05) is 19.6 Å². The number of nitrogens with zero attached hydrogens (tertiary/aromatic N) is 1. The van der Waals surface area contributed by atoms with Crippen LogP contribution in [-0.2, 0) is 17.1 Å². The molecule has 3 rings (SSSR count). The monoisotopic (exact) mass is 509 g/mol. The SMILES string of the molecule is CC.CC(C)(C)NC(=O)CN1CCC2(CC1)CC2NC(=O)c1cc(C(F)(F)F)cc(C(F)(F)F)c1. The Kier molecular flexibility index (Phi) is 8.56. The zero-order valence-corrected chi connectivity index (χ0v) is 20.6. The van der Waals surface area contributed by atoms with E-state index in [0.29, 0.717) is 44.5 Å². The number of piperidine rings is 1. The van der Waals surface area contributed by atoms with Gasteiger partial charge >= 0.3 is 12.4 Å². The molecule has 1 unspecified atom stereocenters. The average molecular weight is 510 g/mol.